The van der Waals surface area contributed by atoms with E-state index in [2.05, 4.69) is 95.6 Å². The van der Waals surface area contributed by atoms with E-state index in [1.807, 2.05) is 72.8 Å². The van der Waals surface area contributed by atoms with Crippen molar-refractivity contribution in [3.63, 3.8) is 0 Å². The molecule has 81 heavy (non-hydrogen) atoms. The van der Waals surface area contributed by atoms with Crippen LogP contribution in [0.4, 0.5) is 11.4 Å². The van der Waals surface area contributed by atoms with Crippen molar-refractivity contribution in [2.75, 3.05) is 70.5 Å². The van der Waals surface area contributed by atoms with Crippen LogP contribution >= 0.6 is 0 Å². The van der Waals surface area contributed by atoms with Crippen molar-refractivity contribution in [2.45, 2.75) is 24.5 Å². The molecule has 3 aliphatic rings. The lowest BCUT2D eigenvalue weighted by atomic mass is 9.79. The molecule has 0 aromatic heterocycles. The van der Waals surface area contributed by atoms with Crippen LogP contribution in [0.15, 0.2) is 194 Å². The molecule has 1 fully saturated rings. The number of aliphatic hydroxyl groups excluding tert-OH is 1. The molecule has 2 unspecified atom stereocenters. The molecule has 0 bridgehead atoms. The summed E-state index contributed by atoms with van der Waals surface area (Å²) in [5, 5.41) is 10.6. The molecular formula is C69H60N2O10. The number of piperazine rings is 1. The van der Waals surface area contributed by atoms with Crippen LogP contribution in [0, 0.1) is 0 Å². The van der Waals surface area contributed by atoms with Crippen LogP contribution in [0.5, 0.6) is 34.5 Å². The Balaban J connectivity index is 0.858. The summed E-state index contributed by atoms with van der Waals surface area (Å²) in [5.74, 6) is 1.97. The van der Waals surface area contributed by atoms with Gasteiger partial charge in [0.1, 0.15) is 35.2 Å². The Morgan fingerprint density at radius 1 is 0.580 bits per heavy atom. The Labute approximate surface area is 470 Å². The molecule has 12 heteroatoms. The molecule has 0 spiro atoms. The fourth-order valence-electron chi connectivity index (χ4n) is 11.8. The van der Waals surface area contributed by atoms with Crippen molar-refractivity contribution in [1.29, 1.82) is 0 Å². The van der Waals surface area contributed by atoms with Crippen molar-refractivity contribution in [1.82, 2.24) is 0 Å². The van der Waals surface area contributed by atoms with E-state index >= 15 is 0 Å². The lowest BCUT2D eigenvalue weighted by Crippen LogP contribution is -2.46. The number of nitrogens with zero attached hydrogens (tertiary/aromatic N) is 2. The first-order chi connectivity index (χ1) is 39.7. The van der Waals surface area contributed by atoms with Crippen LogP contribution in [0.1, 0.15) is 61.9 Å². The van der Waals surface area contributed by atoms with Crippen molar-refractivity contribution >= 4 is 40.2 Å². The monoisotopic (exact) mass is 1080 g/mol. The first kappa shape index (κ1) is 52.3. The van der Waals surface area contributed by atoms with E-state index in [9.17, 15) is 9.59 Å². The number of esters is 2. The van der Waals surface area contributed by atoms with Gasteiger partial charge in [-0.1, -0.05) is 104 Å². The van der Waals surface area contributed by atoms with Crippen LogP contribution in [0.3, 0.4) is 0 Å². The third-order valence-corrected chi connectivity index (χ3v) is 16.0. The lowest BCUT2D eigenvalue weighted by Gasteiger charge is -2.40. The average molecular weight is 1080 g/mol. The zero-order chi connectivity index (χ0) is 55.7. The van der Waals surface area contributed by atoms with Crippen molar-refractivity contribution < 1.29 is 47.9 Å². The maximum absolute atomic E-state index is 14.3. The number of carbonyl (C=O) groups is 2. The third-order valence-electron chi connectivity index (χ3n) is 16.0. The minimum Gasteiger partial charge on any atom is -0.497 e. The van der Waals surface area contributed by atoms with Crippen LogP contribution in [-0.2, 0) is 15.9 Å². The van der Waals surface area contributed by atoms with Crippen molar-refractivity contribution in [2.24, 2.45) is 0 Å². The van der Waals surface area contributed by atoms with Crippen LogP contribution in [-0.4, -0.2) is 77.8 Å². The zero-order valence-electron chi connectivity index (χ0n) is 45.5. The summed E-state index contributed by atoms with van der Waals surface area (Å²) in [5.41, 5.74) is 9.75. The van der Waals surface area contributed by atoms with E-state index in [1.165, 1.54) is 5.69 Å². The molecule has 9 aromatic rings. The molecular weight excluding hydrogens is 1020 g/mol. The molecule has 2 heterocycles. The number of fused-ring (bicyclic) bond motifs is 8. The molecule has 0 saturated carbocycles. The van der Waals surface area contributed by atoms with E-state index in [4.69, 9.17) is 38.3 Å². The van der Waals surface area contributed by atoms with Gasteiger partial charge in [0, 0.05) is 72.3 Å². The number of rotatable bonds is 16. The molecule has 12 nitrogen and oxygen atoms in total. The largest absolute Gasteiger partial charge is 0.497 e. The molecule has 12 rings (SSSR count). The minimum absolute atomic E-state index is 0.105. The second-order valence-corrected chi connectivity index (χ2v) is 20.2. The molecule has 0 radical (unpaired) electrons. The summed E-state index contributed by atoms with van der Waals surface area (Å²) < 4.78 is 43.3. The van der Waals surface area contributed by atoms with Crippen molar-refractivity contribution in [3.05, 3.63) is 233 Å². The Bertz CT molecular complexity index is 3800. The van der Waals surface area contributed by atoms with Crippen molar-refractivity contribution in [3.8, 4) is 56.8 Å². The third kappa shape index (κ3) is 9.55. The van der Waals surface area contributed by atoms with E-state index in [1.54, 1.807) is 69.9 Å². The average Bonchev–Trinajstić information content (AvgIpc) is 2.39. The summed E-state index contributed by atoms with van der Waals surface area (Å²) in [6.45, 7) is 5.75. The SMILES string of the molecule is CCC1(OC)c2ccccc2-c2c1c1c(c3cc(OC)c(OC(=O)c4ccc(-c5ccc(OC(=O)c6ccc(OCCO)cc6)cc5)cc4)cc23)OC(c2ccccc2)(c2ccc(N3CCN(c4ccc(OC)cc4)CC3)cc2)C=C1. The van der Waals surface area contributed by atoms with Crippen LogP contribution in [0.25, 0.3) is 39.1 Å². The molecule has 1 aliphatic carbocycles. The van der Waals surface area contributed by atoms with E-state index in [0.717, 1.165) is 98.5 Å². The number of benzene rings is 9. The molecule has 0 amide bonds. The number of anilines is 2. The van der Waals surface area contributed by atoms with Gasteiger partial charge in [0.15, 0.2) is 17.1 Å². The molecule has 9 aromatic carbocycles. The number of hydrogen-bond donors (Lipinski definition) is 1. The highest BCUT2D eigenvalue weighted by Crippen LogP contribution is 2.60. The Hall–Kier alpha value is -9.36. The fraction of sp³-hybridized carbons (Fsp3) is 0.188. The maximum atomic E-state index is 14.3. The molecule has 1 saturated heterocycles. The molecule has 1 N–H and O–H groups in total. The van der Waals surface area contributed by atoms with Gasteiger partial charge in [0.2, 0.25) is 0 Å². The summed E-state index contributed by atoms with van der Waals surface area (Å²) in [6, 6.07) is 60.4. The Kier molecular flexibility index (Phi) is 14.3. The van der Waals surface area contributed by atoms with Crippen LogP contribution in [0.2, 0.25) is 0 Å². The molecule has 2 aliphatic heterocycles. The number of ether oxygens (including phenoxy) is 7. The predicted octanol–water partition coefficient (Wildman–Crippen LogP) is 13.3. The quantitative estimate of drug-likeness (QED) is 0.0731. The normalized spacial score (nSPS) is 16.9. The highest BCUT2D eigenvalue weighted by atomic mass is 16.6. The van der Waals surface area contributed by atoms with Gasteiger partial charge in [-0.3, -0.25) is 0 Å². The Morgan fingerprint density at radius 3 is 1.75 bits per heavy atom. The number of aliphatic hydroxyl groups is 1. The van der Waals surface area contributed by atoms with Gasteiger partial charge in [0.05, 0.1) is 32.0 Å². The summed E-state index contributed by atoms with van der Waals surface area (Å²) in [4.78, 5) is 32.0. The van der Waals surface area contributed by atoms with E-state index in [-0.39, 0.29) is 19.0 Å². The first-order valence-corrected chi connectivity index (χ1v) is 27.2. The highest BCUT2D eigenvalue weighted by molar-refractivity contribution is 6.10. The van der Waals surface area contributed by atoms with Gasteiger partial charge < -0.3 is 48.1 Å². The summed E-state index contributed by atoms with van der Waals surface area (Å²) in [6.07, 6.45) is 5.03. The van der Waals surface area contributed by atoms with Gasteiger partial charge >= 0.3 is 11.9 Å². The van der Waals surface area contributed by atoms with Gasteiger partial charge in [0.25, 0.3) is 0 Å². The topological polar surface area (TPSA) is 125 Å². The van der Waals surface area contributed by atoms with E-state index < -0.39 is 23.1 Å². The van der Waals surface area contributed by atoms with Gasteiger partial charge in [-0.15, -0.1) is 0 Å². The number of hydrogen-bond acceptors (Lipinski definition) is 12. The summed E-state index contributed by atoms with van der Waals surface area (Å²) in [7, 11) is 5.04. The zero-order valence-corrected chi connectivity index (χ0v) is 45.5. The second-order valence-electron chi connectivity index (χ2n) is 20.2. The van der Waals surface area contributed by atoms with Gasteiger partial charge in [-0.2, -0.15) is 0 Å². The standard InChI is InChI=1S/C69H60N2O10/c1-5-68(77-4)60-14-10-9-13-56(60)63-58-43-62(80-67(74)47-17-15-45(16-18-47)46-19-31-55(32-20-46)79-66(73)48-21-29-54(30-22-48)78-42-41-72)61(76-3)44-59(58)65-57(64(63)68)35-36-69(81-65,49-11-7-6-8-12-49)50-23-25-51(26-24-50)70-37-39-71(40-38-70)52-27-33-53(75-2)34-28-52/h6-36,43-44,72H,5,37-42H2,1-4H3. The maximum Gasteiger partial charge on any atom is 0.343 e. The number of methoxy groups -OCH3 is 3. The summed E-state index contributed by atoms with van der Waals surface area (Å²) >= 11 is 0. The van der Waals surface area contributed by atoms with E-state index in [0.29, 0.717) is 40.5 Å². The molecule has 406 valence electrons. The highest BCUT2D eigenvalue weighted by Gasteiger charge is 2.48. The smallest absolute Gasteiger partial charge is 0.343 e. The second kappa shape index (κ2) is 22.1. The Morgan fingerprint density at radius 2 is 1.14 bits per heavy atom. The molecule has 2 atom stereocenters. The fourth-order valence-corrected chi connectivity index (χ4v) is 11.8. The van der Waals surface area contributed by atoms with Crippen LogP contribution < -0.4 is 38.2 Å². The minimum atomic E-state index is -1.04. The first-order valence-electron chi connectivity index (χ1n) is 27.2. The predicted molar refractivity (Wildman–Crippen MR) is 316 cm³/mol. The van der Waals surface area contributed by atoms with Gasteiger partial charge in [-0.25, -0.2) is 9.59 Å². The lowest BCUT2D eigenvalue weighted by molar-refractivity contribution is 0.0219. The van der Waals surface area contributed by atoms with Gasteiger partial charge in [-0.05, 0) is 143 Å². The number of carbonyl (C=O) groups excluding carboxylic acids is 2.